The molecule has 0 bridgehead atoms. The van der Waals surface area contributed by atoms with Crippen molar-refractivity contribution in [2.24, 2.45) is 0 Å². The lowest BCUT2D eigenvalue weighted by Gasteiger charge is -2.19. The number of carbonyl (C=O) groups excluding carboxylic acids is 1. The Morgan fingerprint density at radius 2 is 1.96 bits per heavy atom. The van der Waals surface area contributed by atoms with Crippen LogP contribution in [0, 0.1) is 0 Å². The molecule has 0 spiro atoms. The van der Waals surface area contributed by atoms with Gasteiger partial charge in [-0.2, -0.15) is 13.2 Å². The molecule has 1 aliphatic carbocycles. The molecule has 3 nitrogen and oxygen atoms in total. The van der Waals surface area contributed by atoms with Gasteiger partial charge in [-0.25, -0.2) is 4.98 Å². The summed E-state index contributed by atoms with van der Waals surface area (Å²) >= 11 is 1.27. The zero-order valence-electron chi connectivity index (χ0n) is 14.3. The monoisotopic (exact) mass is 390 g/mol. The Morgan fingerprint density at radius 1 is 1.19 bits per heavy atom. The van der Waals surface area contributed by atoms with Crippen LogP contribution in [-0.4, -0.2) is 16.9 Å². The Kier molecular flexibility index (Phi) is 4.63. The first-order valence-electron chi connectivity index (χ1n) is 8.75. The number of nitrogens with one attached hydrogen (secondary N) is 1. The standard InChI is InChI=1S/C20H17F3N2OS/c21-20(22,23)18-15(11-17-16(25-18)8-9-27-17)19(26)24-14-7-3-6-12-4-1-2-5-13(12)10-14/h1-2,4-5,8-9,11,14H,3,6-7,10H2,(H,24,26). The van der Waals surface area contributed by atoms with Gasteiger partial charge in [0.15, 0.2) is 5.69 Å². The first-order valence-corrected chi connectivity index (χ1v) is 9.63. The normalized spacial score (nSPS) is 17.4. The topological polar surface area (TPSA) is 42.0 Å². The van der Waals surface area contributed by atoms with Crippen LogP contribution in [0.25, 0.3) is 10.2 Å². The van der Waals surface area contributed by atoms with Crippen LogP contribution in [0.1, 0.15) is 40.0 Å². The minimum absolute atomic E-state index is 0.193. The molecule has 1 unspecified atom stereocenters. The molecule has 0 saturated heterocycles. The summed E-state index contributed by atoms with van der Waals surface area (Å²) in [7, 11) is 0. The summed E-state index contributed by atoms with van der Waals surface area (Å²) < 4.78 is 40.9. The number of hydrogen-bond acceptors (Lipinski definition) is 3. The number of carbonyl (C=O) groups is 1. The number of rotatable bonds is 2. The summed E-state index contributed by atoms with van der Waals surface area (Å²) in [4.78, 5) is 16.4. The van der Waals surface area contributed by atoms with Gasteiger partial charge in [-0.1, -0.05) is 24.3 Å². The fraction of sp³-hybridized carbons (Fsp3) is 0.300. The van der Waals surface area contributed by atoms with E-state index < -0.39 is 23.3 Å². The van der Waals surface area contributed by atoms with E-state index in [1.807, 2.05) is 18.2 Å². The zero-order valence-corrected chi connectivity index (χ0v) is 15.2. The SMILES string of the molecule is O=C(NC1CCCc2ccccc2C1)c1cc2sccc2nc1C(F)(F)F. The lowest BCUT2D eigenvalue weighted by molar-refractivity contribution is -0.141. The van der Waals surface area contributed by atoms with Crippen molar-refractivity contribution in [1.82, 2.24) is 10.3 Å². The van der Waals surface area contributed by atoms with Gasteiger partial charge >= 0.3 is 6.18 Å². The van der Waals surface area contributed by atoms with E-state index in [0.29, 0.717) is 11.1 Å². The molecule has 140 valence electrons. The van der Waals surface area contributed by atoms with Crippen LogP contribution in [0.2, 0.25) is 0 Å². The van der Waals surface area contributed by atoms with Crippen molar-refractivity contribution in [1.29, 1.82) is 0 Å². The molecule has 4 rings (SSSR count). The van der Waals surface area contributed by atoms with Crippen molar-refractivity contribution >= 4 is 27.5 Å². The lowest BCUT2D eigenvalue weighted by atomic mass is 10.0. The molecule has 1 aromatic carbocycles. The maximum Gasteiger partial charge on any atom is 0.434 e. The number of benzene rings is 1. The van der Waals surface area contributed by atoms with Crippen molar-refractivity contribution in [3.05, 3.63) is 64.2 Å². The van der Waals surface area contributed by atoms with Crippen LogP contribution >= 0.6 is 11.3 Å². The van der Waals surface area contributed by atoms with E-state index in [9.17, 15) is 18.0 Å². The Hall–Kier alpha value is -2.41. The van der Waals surface area contributed by atoms with Crippen LogP contribution in [0.3, 0.4) is 0 Å². The molecular formula is C20H17F3N2OS. The molecule has 1 aliphatic rings. The molecule has 0 aliphatic heterocycles. The maximum absolute atomic E-state index is 13.4. The lowest BCUT2D eigenvalue weighted by Crippen LogP contribution is -2.37. The highest BCUT2D eigenvalue weighted by Crippen LogP contribution is 2.34. The van der Waals surface area contributed by atoms with Gasteiger partial charge in [-0.15, -0.1) is 11.3 Å². The number of fused-ring (bicyclic) bond motifs is 2. The number of pyridine rings is 1. The van der Waals surface area contributed by atoms with Crippen LogP contribution in [0.15, 0.2) is 41.8 Å². The van der Waals surface area contributed by atoms with Gasteiger partial charge in [0.1, 0.15) is 0 Å². The van der Waals surface area contributed by atoms with Gasteiger partial charge < -0.3 is 5.32 Å². The highest BCUT2D eigenvalue weighted by molar-refractivity contribution is 7.17. The Balaban J connectivity index is 1.63. The smallest absolute Gasteiger partial charge is 0.349 e. The average molecular weight is 390 g/mol. The number of aryl methyl sites for hydroxylation is 1. The van der Waals surface area contributed by atoms with Crippen LogP contribution in [-0.2, 0) is 19.0 Å². The van der Waals surface area contributed by atoms with Crippen molar-refractivity contribution in [2.45, 2.75) is 37.9 Å². The number of thiophene rings is 1. The Bertz CT molecular complexity index is 996. The number of hydrogen-bond donors (Lipinski definition) is 1. The average Bonchev–Trinajstić information content (AvgIpc) is 2.99. The van der Waals surface area contributed by atoms with Crippen LogP contribution < -0.4 is 5.32 Å². The van der Waals surface area contributed by atoms with E-state index in [0.717, 1.165) is 24.8 Å². The first kappa shape index (κ1) is 18.0. The Morgan fingerprint density at radius 3 is 2.74 bits per heavy atom. The second-order valence-corrected chi connectivity index (χ2v) is 7.67. The van der Waals surface area contributed by atoms with Crippen LogP contribution in [0.4, 0.5) is 13.2 Å². The van der Waals surface area contributed by atoms with Gasteiger partial charge in [0.05, 0.1) is 15.8 Å². The predicted molar refractivity (Wildman–Crippen MR) is 99.0 cm³/mol. The Labute approximate surface area is 158 Å². The second-order valence-electron chi connectivity index (χ2n) is 6.72. The molecule has 1 atom stereocenters. The molecule has 27 heavy (non-hydrogen) atoms. The first-order chi connectivity index (χ1) is 12.9. The van der Waals surface area contributed by atoms with Crippen molar-refractivity contribution in [2.75, 3.05) is 0 Å². The van der Waals surface area contributed by atoms with E-state index in [4.69, 9.17) is 0 Å². The number of amides is 1. The molecule has 0 saturated carbocycles. The maximum atomic E-state index is 13.4. The van der Waals surface area contributed by atoms with Crippen LogP contribution in [0.5, 0.6) is 0 Å². The summed E-state index contributed by atoms with van der Waals surface area (Å²) in [6, 6.07) is 10.6. The van der Waals surface area contributed by atoms with Gasteiger partial charge in [-0.05, 0) is 54.3 Å². The largest absolute Gasteiger partial charge is 0.434 e. The quantitative estimate of drug-likeness (QED) is 0.626. The molecular weight excluding hydrogens is 373 g/mol. The zero-order chi connectivity index (χ0) is 19.0. The summed E-state index contributed by atoms with van der Waals surface area (Å²) in [5, 5.41) is 4.48. The molecule has 0 fully saturated rings. The van der Waals surface area contributed by atoms with E-state index in [2.05, 4.69) is 16.4 Å². The molecule has 3 aromatic rings. The van der Waals surface area contributed by atoms with Crippen molar-refractivity contribution in [3.63, 3.8) is 0 Å². The van der Waals surface area contributed by atoms with Gasteiger partial charge in [-0.3, -0.25) is 4.79 Å². The molecule has 2 aromatic heterocycles. The van der Waals surface area contributed by atoms with Gasteiger partial charge in [0.25, 0.3) is 5.91 Å². The molecule has 2 heterocycles. The van der Waals surface area contributed by atoms with Gasteiger partial charge in [0, 0.05) is 6.04 Å². The third-order valence-electron chi connectivity index (χ3n) is 4.87. The highest BCUT2D eigenvalue weighted by Gasteiger charge is 2.38. The van der Waals surface area contributed by atoms with E-state index in [-0.39, 0.29) is 11.6 Å². The predicted octanol–water partition coefficient (Wildman–Crippen LogP) is 4.99. The minimum atomic E-state index is -4.68. The van der Waals surface area contributed by atoms with E-state index >= 15 is 0 Å². The fourth-order valence-electron chi connectivity index (χ4n) is 3.58. The van der Waals surface area contributed by atoms with Gasteiger partial charge in [0.2, 0.25) is 0 Å². The highest BCUT2D eigenvalue weighted by atomic mass is 32.1. The number of halogens is 3. The van der Waals surface area contributed by atoms with Crippen molar-refractivity contribution < 1.29 is 18.0 Å². The third-order valence-corrected chi connectivity index (χ3v) is 5.72. The molecule has 1 amide bonds. The summed E-state index contributed by atoms with van der Waals surface area (Å²) in [6.45, 7) is 0. The number of alkyl halides is 3. The fourth-order valence-corrected chi connectivity index (χ4v) is 4.34. The summed E-state index contributed by atoms with van der Waals surface area (Å²) in [6.07, 6.45) is -1.53. The second kappa shape index (κ2) is 6.96. The molecule has 7 heteroatoms. The number of nitrogens with zero attached hydrogens (tertiary/aromatic N) is 1. The molecule has 1 N–H and O–H groups in total. The summed E-state index contributed by atoms with van der Waals surface area (Å²) in [5.41, 5.74) is 1.11. The van der Waals surface area contributed by atoms with E-state index in [1.165, 1.54) is 29.0 Å². The summed E-state index contributed by atoms with van der Waals surface area (Å²) in [5.74, 6) is -0.713. The van der Waals surface area contributed by atoms with E-state index in [1.54, 1.807) is 5.38 Å². The minimum Gasteiger partial charge on any atom is -0.349 e. The molecule has 0 radical (unpaired) electrons. The van der Waals surface area contributed by atoms with Crippen molar-refractivity contribution in [3.8, 4) is 0 Å². The number of aromatic nitrogens is 1. The third kappa shape index (κ3) is 3.69.